The summed E-state index contributed by atoms with van der Waals surface area (Å²) in [5, 5.41) is 0. The van der Waals surface area contributed by atoms with Crippen molar-refractivity contribution in [2.75, 3.05) is 0 Å². The molecule has 0 spiro atoms. The van der Waals surface area contributed by atoms with Crippen LogP contribution in [0.3, 0.4) is 0 Å². The zero-order valence-corrected chi connectivity index (χ0v) is 6.22. The maximum atomic E-state index is 5.49. The Kier molecular flexibility index (Phi) is 4.98. The summed E-state index contributed by atoms with van der Waals surface area (Å²) in [6.07, 6.45) is 8.24. The average Bonchev–Trinajstić information content (AvgIpc) is 1.89. The van der Waals surface area contributed by atoms with Crippen molar-refractivity contribution in [3.8, 4) is 0 Å². The summed E-state index contributed by atoms with van der Waals surface area (Å²) >= 11 is 0. The molecule has 0 amide bonds. The predicted molar refractivity (Wildman–Crippen MR) is 42.0 cm³/mol. The minimum Gasteiger partial charge on any atom is -0.399 e. The van der Waals surface area contributed by atoms with Gasteiger partial charge in [-0.2, -0.15) is 0 Å². The molecule has 0 heterocycles. The number of hydrogen-bond acceptors (Lipinski definition) is 1. The van der Waals surface area contributed by atoms with Crippen LogP contribution >= 0.6 is 0 Å². The molecule has 0 saturated heterocycles. The average molecular weight is 125 g/mol. The van der Waals surface area contributed by atoms with Crippen LogP contribution in [-0.4, -0.2) is 0 Å². The fourth-order valence-electron chi connectivity index (χ4n) is 0.482. The molecule has 0 rings (SSSR count). The van der Waals surface area contributed by atoms with Gasteiger partial charge in [-0.25, -0.2) is 0 Å². The topological polar surface area (TPSA) is 26.0 Å². The largest absolute Gasteiger partial charge is 0.399 e. The van der Waals surface area contributed by atoms with Crippen molar-refractivity contribution in [3.05, 3.63) is 23.9 Å². The molecule has 0 saturated carbocycles. The van der Waals surface area contributed by atoms with Gasteiger partial charge in [0, 0.05) is 5.70 Å². The minimum atomic E-state index is 0.850. The van der Waals surface area contributed by atoms with E-state index in [1.165, 1.54) is 6.42 Å². The zero-order chi connectivity index (χ0) is 7.11. The second kappa shape index (κ2) is 5.42. The highest BCUT2D eigenvalue weighted by molar-refractivity contribution is 5.13. The van der Waals surface area contributed by atoms with Crippen LogP contribution in [0.2, 0.25) is 0 Å². The molecule has 0 aromatic heterocycles. The van der Waals surface area contributed by atoms with E-state index in [2.05, 4.69) is 13.0 Å². The smallest absolute Gasteiger partial charge is 0.0267 e. The fraction of sp³-hybridized carbons (Fsp3) is 0.500. The number of hydrogen-bond donors (Lipinski definition) is 1. The monoisotopic (exact) mass is 125 g/mol. The van der Waals surface area contributed by atoms with E-state index in [4.69, 9.17) is 5.73 Å². The summed E-state index contributed by atoms with van der Waals surface area (Å²) in [5.74, 6) is 0. The van der Waals surface area contributed by atoms with E-state index >= 15 is 0 Å². The molecule has 52 valence electrons. The lowest BCUT2D eigenvalue weighted by Gasteiger charge is -1.87. The Hall–Kier alpha value is -0.720. The molecule has 0 bridgehead atoms. The van der Waals surface area contributed by atoms with E-state index < -0.39 is 0 Å². The molecular weight excluding hydrogens is 110 g/mol. The first kappa shape index (κ1) is 8.28. The maximum absolute atomic E-state index is 5.49. The summed E-state index contributed by atoms with van der Waals surface area (Å²) in [7, 11) is 0. The SMILES string of the molecule is C/C=C(N)\C=C/CCC. The molecule has 0 atom stereocenters. The van der Waals surface area contributed by atoms with Crippen molar-refractivity contribution in [2.24, 2.45) is 5.73 Å². The van der Waals surface area contributed by atoms with Gasteiger partial charge in [0.1, 0.15) is 0 Å². The van der Waals surface area contributed by atoms with E-state index in [0.29, 0.717) is 0 Å². The van der Waals surface area contributed by atoms with Gasteiger partial charge in [-0.15, -0.1) is 0 Å². The molecule has 0 aliphatic carbocycles. The van der Waals surface area contributed by atoms with Crippen LogP contribution in [0.4, 0.5) is 0 Å². The highest BCUT2D eigenvalue weighted by atomic mass is 14.5. The summed E-state index contributed by atoms with van der Waals surface area (Å²) in [6.45, 7) is 4.09. The molecule has 0 aromatic carbocycles. The second-order valence-corrected chi connectivity index (χ2v) is 1.98. The molecule has 1 heteroatoms. The lowest BCUT2D eigenvalue weighted by molar-refractivity contribution is 0.957. The number of unbranched alkanes of at least 4 members (excludes halogenated alkanes) is 1. The number of nitrogens with two attached hydrogens (primary N) is 1. The summed E-state index contributed by atoms with van der Waals surface area (Å²) in [4.78, 5) is 0. The van der Waals surface area contributed by atoms with Gasteiger partial charge in [0.05, 0.1) is 0 Å². The summed E-state index contributed by atoms with van der Waals surface area (Å²) < 4.78 is 0. The van der Waals surface area contributed by atoms with Crippen LogP contribution in [-0.2, 0) is 0 Å². The Labute approximate surface area is 57.3 Å². The van der Waals surface area contributed by atoms with Crippen LogP contribution < -0.4 is 5.73 Å². The van der Waals surface area contributed by atoms with Gasteiger partial charge < -0.3 is 5.73 Å². The van der Waals surface area contributed by atoms with Crippen molar-refractivity contribution in [3.63, 3.8) is 0 Å². The van der Waals surface area contributed by atoms with Gasteiger partial charge in [-0.05, 0) is 19.4 Å². The molecule has 0 unspecified atom stereocenters. The van der Waals surface area contributed by atoms with Gasteiger partial charge in [-0.1, -0.05) is 25.5 Å². The molecule has 0 aliphatic rings. The second-order valence-electron chi connectivity index (χ2n) is 1.98. The fourth-order valence-corrected chi connectivity index (χ4v) is 0.482. The van der Waals surface area contributed by atoms with Crippen molar-refractivity contribution in [1.29, 1.82) is 0 Å². The zero-order valence-electron chi connectivity index (χ0n) is 6.22. The number of allylic oxidation sites excluding steroid dienone is 3. The van der Waals surface area contributed by atoms with E-state index in [-0.39, 0.29) is 0 Å². The van der Waals surface area contributed by atoms with Crippen LogP contribution in [0.5, 0.6) is 0 Å². The molecule has 0 radical (unpaired) electrons. The summed E-state index contributed by atoms with van der Waals surface area (Å²) in [5.41, 5.74) is 6.34. The van der Waals surface area contributed by atoms with Crippen LogP contribution in [0.1, 0.15) is 26.7 Å². The minimum absolute atomic E-state index is 0.850. The van der Waals surface area contributed by atoms with E-state index in [0.717, 1.165) is 12.1 Å². The van der Waals surface area contributed by atoms with Crippen molar-refractivity contribution < 1.29 is 0 Å². The Morgan fingerprint density at radius 1 is 1.56 bits per heavy atom. The lowest BCUT2D eigenvalue weighted by atomic mass is 10.3. The Morgan fingerprint density at radius 3 is 2.67 bits per heavy atom. The normalized spacial score (nSPS) is 12.9. The first-order valence-corrected chi connectivity index (χ1v) is 3.39. The quantitative estimate of drug-likeness (QED) is 0.575. The Balaban J connectivity index is 3.45. The third-order valence-electron chi connectivity index (χ3n) is 1.10. The first-order chi connectivity index (χ1) is 4.31. The molecule has 1 nitrogen and oxygen atoms in total. The van der Waals surface area contributed by atoms with Gasteiger partial charge in [-0.3, -0.25) is 0 Å². The molecule has 0 aliphatic heterocycles. The van der Waals surface area contributed by atoms with Gasteiger partial charge >= 0.3 is 0 Å². The molecule has 0 fully saturated rings. The van der Waals surface area contributed by atoms with Gasteiger partial charge in [0.15, 0.2) is 0 Å². The van der Waals surface area contributed by atoms with Crippen LogP contribution in [0.25, 0.3) is 0 Å². The third-order valence-corrected chi connectivity index (χ3v) is 1.10. The van der Waals surface area contributed by atoms with Crippen LogP contribution in [0, 0.1) is 0 Å². The molecule has 0 aromatic rings. The molecular formula is C8H15N. The predicted octanol–water partition coefficient (Wildman–Crippen LogP) is 2.21. The van der Waals surface area contributed by atoms with E-state index in [1.54, 1.807) is 0 Å². The van der Waals surface area contributed by atoms with Gasteiger partial charge in [0.2, 0.25) is 0 Å². The standard InChI is InChI=1S/C8H15N/c1-3-5-6-7-8(9)4-2/h4,6-7H,3,5,9H2,1-2H3/b7-6-,8-4+. The summed E-state index contributed by atoms with van der Waals surface area (Å²) in [6, 6.07) is 0. The van der Waals surface area contributed by atoms with Crippen LogP contribution in [0.15, 0.2) is 23.9 Å². The van der Waals surface area contributed by atoms with E-state index in [1.807, 2.05) is 19.1 Å². The van der Waals surface area contributed by atoms with Crippen molar-refractivity contribution >= 4 is 0 Å². The Bertz CT molecular complexity index is 112. The molecule has 9 heavy (non-hydrogen) atoms. The van der Waals surface area contributed by atoms with Crippen molar-refractivity contribution in [1.82, 2.24) is 0 Å². The third kappa shape index (κ3) is 5.15. The molecule has 2 N–H and O–H groups in total. The number of rotatable bonds is 3. The maximum Gasteiger partial charge on any atom is 0.0267 e. The highest BCUT2D eigenvalue weighted by Gasteiger charge is 1.75. The Morgan fingerprint density at radius 2 is 2.22 bits per heavy atom. The first-order valence-electron chi connectivity index (χ1n) is 3.39. The van der Waals surface area contributed by atoms with Crippen molar-refractivity contribution in [2.45, 2.75) is 26.7 Å². The highest BCUT2D eigenvalue weighted by Crippen LogP contribution is 1.91. The van der Waals surface area contributed by atoms with Gasteiger partial charge in [0.25, 0.3) is 0 Å². The lowest BCUT2D eigenvalue weighted by Crippen LogP contribution is -1.90. The van der Waals surface area contributed by atoms with E-state index in [9.17, 15) is 0 Å².